The van der Waals surface area contributed by atoms with Crippen LogP contribution in [0.3, 0.4) is 0 Å². The molecule has 1 aromatic rings. The summed E-state index contributed by atoms with van der Waals surface area (Å²) in [4.78, 5) is 0. The minimum absolute atomic E-state index is 0.178. The predicted octanol–water partition coefficient (Wildman–Crippen LogP) is 2.57. The Kier molecular flexibility index (Phi) is 3.90. The fourth-order valence-corrected chi connectivity index (χ4v) is 1.28. The first-order valence-electron chi connectivity index (χ1n) is 4.19. The Balaban J connectivity index is 2.74. The molecule has 72 valence electrons. The van der Waals surface area contributed by atoms with E-state index in [9.17, 15) is 5.11 Å². The minimum atomic E-state index is 0.178. The molecule has 0 aromatic heterocycles. The van der Waals surface area contributed by atoms with Crippen LogP contribution in [-0.4, -0.2) is 18.1 Å². The van der Waals surface area contributed by atoms with Gasteiger partial charge in [-0.1, -0.05) is 6.07 Å². The van der Waals surface area contributed by atoms with Gasteiger partial charge in [0, 0.05) is 5.88 Å². The summed E-state index contributed by atoms with van der Waals surface area (Å²) in [6.45, 7) is 0. The minimum Gasteiger partial charge on any atom is -0.504 e. The number of rotatable bonds is 4. The lowest BCUT2D eigenvalue weighted by Crippen LogP contribution is -1.89. The van der Waals surface area contributed by atoms with Crippen LogP contribution in [0.1, 0.15) is 12.0 Å². The fourth-order valence-electron chi connectivity index (χ4n) is 1.15. The number of methoxy groups -OCH3 is 1. The molecule has 0 saturated carbocycles. The zero-order valence-corrected chi connectivity index (χ0v) is 8.34. The van der Waals surface area contributed by atoms with Gasteiger partial charge >= 0.3 is 0 Å². The van der Waals surface area contributed by atoms with Crippen molar-refractivity contribution in [2.45, 2.75) is 12.8 Å². The Labute approximate surface area is 83.1 Å². The van der Waals surface area contributed by atoms with Crippen molar-refractivity contribution >= 4 is 11.6 Å². The third kappa shape index (κ3) is 2.81. The van der Waals surface area contributed by atoms with Gasteiger partial charge < -0.3 is 9.84 Å². The van der Waals surface area contributed by atoms with Crippen molar-refractivity contribution in [1.82, 2.24) is 0 Å². The molecule has 0 fully saturated rings. The van der Waals surface area contributed by atoms with Gasteiger partial charge in [-0.2, -0.15) is 0 Å². The Morgan fingerprint density at radius 2 is 2.23 bits per heavy atom. The molecule has 0 unspecified atom stereocenters. The largest absolute Gasteiger partial charge is 0.504 e. The molecule has 0 atom stereocenters. The third-order valence-electron chi connectivity index (χ3n) is 1.84. The average Bonchev–Trinajstić information content (AvgIpc) is 2.16. The van der Waals surface area contributed by atoms with Crippen molar-refractivity contribution in [2.75, 3.05) is 13.0 Å². The summed E-state index contributed by atoms with van der Waals surface area (Å²) in [7, 11) is 1.54. The van der Waals surface area contributed by atoms with Gasteiger partial charge in [-0.05, 0) is 30.5 Å². The number of aromatic hydroxyl groups is 1. The highest BCUT2D eigenvalue weighted by atomic mass is 35.5. The van der Waals surface area contributed by atoms with Gasteiger partial charge in [-0.15, -0.1) is 11.6 Å². The highest BCUT2D eigenvalue weighted by molar-refractivity contribution is 6.17. The SMILES string of the molecule is COc1cc(CCCCl)ccc1O. The lowest BCUT2D eigenvalue weighted by molar-refractivity contribution is 0.373. The Morgan fingerprint density at radius 1 is 1.46 bits per heavy atom. The maximum absolute atomic E-state index is 9.31. The number of hydrogen-bond donors (Lipinski definition) is 1. The van der Waals surface area contributed by atoms with E-state index >= 15 is 0 Å². The molecule has 1 N–H and O–H groups in total. The molecule has 1 aromatic carbocycles. The van der Waals surface area contributed by atoms with Crippen molar-refractivity contribution in [1.29, 1.82) is 0 Å². The second-order valence-corrected chi connectivity index (χ2v) is 3.18. The average molecular weight is 201 g/mol. The number of ether oxygens (including phenoxy) is 1. The smallest absolute Gasteiger partial charge is 0.160 e. The summed E-state index contributed by atoms with van der Waals surface area (Å²) in [5.74, 6) is 1.35. The molecular weight excluding hydrogens is 188 g/mol. The summed E-state index contributed by atoms with van der Waals surface area (Å²) >= 11 is 5.58. The van der Waals surface area contributed by atoms with Crippen LogP contribution in [-0.2, 0) is 6.42 Å². The molecule has 2 nitrogen and oxygen atoms in total. The van der Waals surface area contributed by atoms with E-state index in [0.29, 0.717) is 11.6 Å². The van der Waals surface area contributed by atoms with E-state index in [0.717, 1.165) is 18.4 Å². The van der Waals surface area contributed by atoms with E-state index in [-0.39, 0.29) is 5.75 Å². The summed E-state index contributed by atoms with van der Waals surface area (Å²) in [5, 5.41) is 9.31. The van der Waals surface area contributed by atoms with Gasteiger partial charge in [0.2, 0.25) is 0 Å². The summed E-state index contributed by atoms with van der Waals surface area (Å²) in [6, 6.07) is 5.36. The van der Waals surface area contributed by atoms with Gasteiger partial charge in [0.15, 0.2) is 11.5 Å². The number of phenols is 1. The van der Waals surface area contributed by atoms with Crippen LogP contribution in [0.5, 0.6) is 11.5 Å². The topological polar surface area (TPSA) is 29.5 Å². The number of benzene rings is 1. The molecule has 0 aliphatic heterocycles. The monoisotopic (exact) mass is 200 g/mol. The Hall–Kier alpha value is -0.890. The molecule has 0 radical (unpaired) electrons. The van der Waals surface area contributed by atoms with Gasteiger partial charge in [0.1, 0.15) is 0 Å². The van der Waals surface area contributed by atoms with Crippen LogP contribution in [0, 0.1) is 0 Å². The molecule has 0 heterocycles. The van der Waals surface area contributed by atoms with Crippen molar-refractivity contribution in [3.63, 3.8) is 0 Å². The highest BCUT2D eigenvalue weighted by Crippen LogP contribution is 2.26. The molecule has 0 aliphatic rings. The van der Waals surface area contributed by atoms with Gasteiger partial charge in [-0.25, -0.2) is 0 Å². The molecule has 3 heteroatoms. The first-order chi connectivity index (χ1) is 6.27. The lowest BCUT2D eigenvalue weighted by Gasteiger charge is -2.05. The Bertz CT molecular complexity index is 274. The number of hydrogen-bond acceptors (Lipinski definition) is 2. The number of aryl methyl sites for hydroxylation is 1. The zero-order chi connectivity index (χ0) is 9.68. The molecule has 0 saturated heterocycles. The van der Waals surface area contributed by atoms with Crippen LogP contribution < -0.4 is 4.74 Å². The van der Waals surface area contributed by atoms with Gasteiger partial charge in [0.05, 0.1) is 7.11 Å². The maximum Gasteiger partial charge on any atom is 0.160 e. The normalized spacial score (nSPS) is 10.0. The molecule has 0 bridgehead atoms. The van der Waals surface area contributed by atoms with E-state index < -0.39 is 0 Å². The molecule has 13 heavy (non-hydrogen) atoms. The van der Waals surface area contributed by atoms with Crippen LogP contribution in [0.4, 0.5) is 0 Å². The zero-order valence-electron chi connectivity index (χ0n) is 7.59. The number of alkyl halides is 1. The summed E-state index contributed by atoms with van der Waals surface area (Å²) in [6.07, 6.45) is 1.86. The summed E-state index contributed by atoms with van der Waals surface area (Å²) < 4.78 is 4.98. The highest BCUT2D eigenvalue weighted by Gasteiger charge is 2.01. The third-order valence-corrected chi connectivity index (χ3v) is 2.11. The number of phenolic OH excluding ortho intramolecular Hbond substituents is 1. The molecule has 0 aliphatic carbocycles. The van der Waals surface area contributed by atoms with E-state index in [4.69, 9.17) is 16.3 Å². The standard InChI is InChI=1S/C10H13ClO2/c1-13-10-7-8(3-2-6-11)4-5-9(10)12/h4-5,7,12H,2-3,6H2,1H3. The molecule has 0 spiro atoms. The van der Waals surface area contributed by atoms with Gasteiger partial charge in [0.25, 0.3) is 0 Å². The van der Waals surface area contributed by atoms with Crippen LogP contribution in [0.25, 0.3) is 0 Å². The lowest BCUT2D eigenvalue weighted by atomic mass is 10.1. The van der Waals surface area contributed by atoms with E-state index in [1.54, 1.807) is 13.2 Å². The molecular formula is C10H13ClO2. The molecule has 0 amide bonds. The fraction of sp³-hybridized carbons (Fsp3) is 0.400. The quantitative estimate of drug-likeness (QED) is 0.758. The van der Waals surface area contributed by atoms with E-state index in [1.165, 1.54) is 0 Å². The Morgan fingerprint density at radius 3 is 2.85 bits per heavy atom. The summed E-state index contributed by atoms with van der Waals surface area (Å²) in [5.41, 5.74) is 1.13. The second kappa shape index (κ2) is 4.97. The first-order valence-corrected chi connectivity index (χ1v) is 4.73. The predicted molar refractivity (Wildman–Crippen MR) is 53.7 cm³/mol. The maximum atomic E-state index is 9.31. The van der Waals surface area contributed by atoms with Crippen molar-refractivity contribution in [3.8, 4) is 11.5 Å². The van der Waals surface area contributed by atoms with Crippen LogP contribution >= 0.6 is 11.6 Å². The van der Waals surface area contributed by atoms with Crippen molar-refractivity contribution in [3.05, 3.63) is 23.8 Å². The van der Waals surface area contributed by atoms with Crippen molar-refractivity contribution in [2.24, 2.45) is 0 Å². The first kappa shape index (κ1) is 10.2. The second-order valence-electron chi connectivity index (χ2n) is 2.80. The van der Waals surface area contributed by atoms with E-state index in [2.05, 4.69) is 0 Å². The van der Waals surface area contributed by atoms with Crippen LogP contribution in [0.2, 0.25) is 0 Å². The van der Waals surface area contributed by atoms with E-state index in [1.807, 2.05) is 12.1 Å². The van der Waals surface area contributed by atoms with Crippen LogP contribution in [0.15, 0.2) is 18.2 Å². The molecule has 1 rings (SSSR count). The number of halogens is 1. The van der Waals surface area contributed by atoms with Gasteiger partial charge in [-0.3, -0.25) is 0 Å². The van der Waals surface area contributed by atoms with Crippen molar-refractivity contribution < 1.29 is 9.84 Å².